The summed E-state index contributed by atoms with van der Waals surface area (Å²) in [4.78, 5) is 0.156. The van der Waals surface area contributed by atoms with Crippen LogP contribution in [0.5, 0.6) is 0 Å². The van der Waals surface area contributed by atoms with E-state index in [9.17, 15) is 12.8 Å². The Kier molecular flexibility index (Phi) is 5.01. The van der Waals surface area contributed by atoms with Gasteiger partial charge in [0.15, 0.2) is 0 Å². The summed E-state index contributed by atoms with van der Waals surface area (Å²) in [7, 11) is -3.65. The van der Waals surface area contributed by atoms with Gasteiger partial charge in [-0.25, -0.2) is 12.8 Å². The molecule has 1 saturated heterocycles. The Bertz CT molecular complexity index is 802. The highest BCUT2D eigenvalue weighted by molar-refractivity contribution is 7.89. The van der Waals surface area contributed by atoms with Crippen molar-refractivity contribution in [2.45, 2.75) is 43.5 Å². The van der Waals surface area contributed by atoms with Gasteiger partial charge in [0.05, 0.1) is 10.9 Å². The third kappa shape index (κ3) is 3.52. The lowest BCUT2D eigenvalue weighted by molar-refractivity contribution is 0.329. The smallest absolute Gasteiger partial charge is 0.207 e. The lowest BCUT2D eigenvalue weighted by Crippen LogP contribution is -2.34. The summed E-state index contributed by atoms with van der Waals surface area (Å²) in [5, 5.41) is 0. The predicted molar refractivity (Wildman–Crippen MR) is 92.7 cm³/mol. The van der Waals surface area contributed by atoms with Crippen molar-refractivity contribution in [3.63, 3.8) is 0 Å². The van der Waals surface area contributed by atoms with Crippen LogP contribution < -0.4 is 0 Å². The molecule has 0 aromatic heterocycles. The molecule has 3 nitrogen and oxygen atoms in total. The van der Waals surface area contributed by atoms with Crippen LogP contribution in [-0.2, 0) is 10.0 Å². The number of nitrogens with zero attached hydrogens (tertiary/aromatic N) is 1. The van der Waals surface area contributed by atoms with Crippen LogP contribution >= 0.6 is 0 Å². The highest BCUT2D eigenvalue weighted by Gasteiger charge is 2.33. The molecule has 2 aromatic rings. The zero-order chi connectivity index (χ0) is 17.2. The Hall–Kier alpha value is -1.72. The average molecular weight is 347 g/mol. The molecular weight excluding hydrogens is 325 g/mol. The van der Waals surface area contributed by atoms with Crippen LogP contribution in [0.3, 0.4) is 0 Å². The maximum absolute atomic E-state index is 13.2. The molecule has 5 heteroatoms. The van der Waals surface area contributed by atoms with Crippen LogP contribution in [0.2, 0.25) is 0 Å². The molecule has 24 heavy (non-hydrogen) atoms. The number of benzene rings is 2. The molecule has 0 spiro atoms. The molecule has 0 bridgehead atoms. The zero-order valence-electron chi connectivity index (χ0n) is 13.8. The van der Waals surface area contributed by atoms with Crippen molar-refractivity contribution in [2.75, 3.05) is 6.54 Å². The van der Waals surface area contributed by atoms with Gasteiger partial charge >= 0.3 is 0 Å². The van der Waals surface area contributed by atoms with Gasteiger partial charge in [0.2, 0.25) is 10.0 Å². The molecule has 0 amide bonds. The van der Waals surface area contributed by atoms with Gasteiger partial charge in [0, 0.05) is 6.54 Å². The highest BCUT2D eigenvalue weighted by Crippen LogP contribution is 2.34. The maximum atomic E-state index is 13.2. The van der Waals surface area contributed by atoms with E-state index in [1.807, 2.05) is 25.1 Å². The van der Waals surface area contributed by atoms with E-state index in [-0.39, 0.29) is 10.9 Å². The first-order valence-corrected chi connectivity index (χ1v) is 9.76. The van der Waals surface area contributed by atoms with E-state index in [1.165, 1.54) is 24.3 Å². The summed E-state index contributed by atoms with van der Waals surface area (Å²) in [5.41, 5.74) is 2.15. The van der Waals surface area contributed by atoms with Gasteiger partial charge in [-0.15, -0.1) is 0 Å². The summed E-state index contributed by atoms with van der Waals surface area (Å²) < 4.78 is 41.0. The van der Waals surface area contributed by atoms with Crippen LogP contribution in [0.1, 0.15) is 42.9 Å². The van der Waals surface area contributed by atoms with Gasteiger partial charge in [-0.3, -0.25) is 0 Å². The van der Waals surface area contributed by atoms with E-state index in [2.05, 4.69) is 6.07 Å². The number of hydrogen-bond donors (Lipinski definition) is 0. The van der Waals surface area contributed by atoms with E-state index in [1.54, 1.807) is 4.31 Å². The fourth-order valence-corrected chi connectivity index (χ4v) is 5.00. The predicted octanol–water partition coefficient (Wildman–Crippen LogP) is 4.44. The molecule has 0 N–H and O–H groups in total. The third-order valence-electron chi connectivity index (χ3n) is 4.55. The van der Waals surface area contributed by atoms with Gasteiger partial charge in [-0.05, 0) is 49.6 Å². The minimum absolute atomic E-state index is 0.156. The Morgan fingerprint density at radius 1 is 1.04 bits per heavy atom. The Balaban J connectivity index is 2.02. The second-order valence-corrected chi connectivity index (χ2v) is 8.24. The Labute approximate surface area is 143 Å². The zero-order valence-corrected chi connectivity index (χ0v) is 14.6. The van der Waals surface area contributed by atoms with Crippen molar-refractivity contribution in [3.8, 4) is 0 Å². The van der Waals surface area contributed by atoms with E-state index in [0.29, 0.717) is 6.54 Å². The summed E-state index contributed by atoms with van der Waals surface area (Å²) >= 11 is 0. The SMILES string of the molecule is Cc1cccc([C@H]2CCCCCN2S(=O)(=O)c2ccc(F)cc2)c1. The van der Waals surface area contributed by atoms with Crippen molar-refractivity contribution in [3.05, 3.63) is 65.5 Å². The number of halogens is 1. The topological polar surface area (TPSA) is 37.4 Å². The summed E-state index contributed by atoms with van der Waals surface area (Å²) in [6.45, 7) is 2.51. The van der Waals surface area contributed by atoms with Gasteiger partial charge in [-0.2, -0.15) is 4.31 Å². The van der Waals surface area contributed by atoms with E-state index >= 15 is 0 Å². The minimum Gasteiger partial charge on any atom is -0.207 e. The van der Waals surface area contributed by atoms with Crippen LogP contribution in [0.25, 0.3) is 0 Å². The molecule has 2 aromatic carbocycles. The lowest BCUT2D eigenvalue weighted by atomic mass is 10.0. The molecule has 0 radical (unpaired) electrons. The van der Waals surface area contributed by atoms with Crippen molar-refractivity contribution < 1.29 is 12.8 Å². The summed E-state index contributed by atoms with van der Waals surface area (Å²) in [5.74, 6) is -0.431. The second kappa shape index (κ2) is 7.03. The maximum Gasteiger partial charge on any atom is 0.243 e. The molecule has 1 atom stereocenters. The van der Waals surface area contributed by atoms with E-state index in [0.717, 1.165) is 36.8 Å². The molecule has 128 valence electrons. The Morgan fingerprint density at radius 3 is 2.50 bits per heavy atom. The molecule has 1 aliphatic heterocycles. The minimum atomic E-state index is -3.65. The van der Waals surface area contributed by atoms with Gasteiger partial charge < -0.3 is 0 Å². The number of aryl methyl sites for hydroxylation is 1. The molecule has 0 unspecified atom stereocenters. The molecule has 0 aliphatic carbocycles. The fraction of sp³-hybridized carbons (Fsp3) is 0.368. The van der Waals surface area contributed by atoms with E-state index in [4.69, 9.17) is 0 Å². The average Bonchev–Trinajstić information content (AvgIpc) is 2.81. The quantitative estimate of drug-likeness (QED) is 0.823. The van der Waals surface area contributed by atoms with Crippen LogP contribution in [0.4, 0.5) is 4.39 Å². The first-order valence-electron chi connectivity index (χ1n) is 8.32. The summed E-state index contributed by atoms with van der Waals surface area (Å²) in [6.07, 6.45) is 3.69. The monoisotopic (exact) mass is 347 g/mol. The number of sulfonamides is 1. The number of rotatable bonds is 3. The molecule has 1 heterocycles. The first kappa shape index (κ1) is 17.1. The van der Waals surface area contributed by atoms with Gasteiger partial charge in [-0.1, -0.05) is 42.7 Å². The molecule has 3 rings (SSSR count). The van der Waals surface area contributed by atoms with Crippen LogP contribution in [-0.4, -0.2) is 19.3 Å². The third-order valence-corrected chi connectivity index (χ3v) is 6.47. The molecule has 1 aliphatic rings. The highest BCUT2D eigenvalue weighted by atomic mass is 32.2. The van der Waals surface area contributed by atoms with Crippen molar-refractivity contribution in [1.29, 1.82) is 0 Å². The Morgan fingerprint density at radius 2 is 1.79 bits per heavy atom. The normalized spacial score (nSPS) is 19.8. The standard InChI is InChI=1S/C19H22FNO2S/c1-15-6-5-7-16(14-15)19-8-3-2-4-13-21(19)24(22,23)18-11-9-17(20)10-12-18/h5-7,9-12,14,19H,2-4,8,13H2,1H3/t19-/m1/s1. The van der Waals surface area contributed by atoms with Crippen molar-refractivity contribution in [2.24, 2.45) is 0 Å². The van der Waals surface area contributed by atoms with Crippen molar-refractivity contribution in [1.82, 2.24) is 4.31 Å². The largest absolute Gasteiger partial charge is 0.243 e. The van der Waals surface area contributed by atoms with E-state index < -0.39 is 15.8 Å². The van der Waals surface area contributed by atoms with Gasteiger partial charge in [0.1, 0.15) is 5.82 Å². The summed E-state index contributed by atoms with van der Waals surface area (Å²) in [6, 6.07) is 13.0. The number of hydrogen-bond acceptors (Lipinski definition) is 2. The van der Waals surface area contributed by atoms with Crippen LogP contribution in [0.15, 0.2) is 53.4 Å². The molecular formula is C19H22FNO2S. The first-order chi connectivity index (χ1) is 11.5. The van der Waals surface area contributed by atoms with Crippen molar-refractivity contribution >= 4 is 10.0 Å². The lowest BCUT2D eigenvalue weighted by Gasteiger charge is -2.29. The molecule has 1 fully saturated rings. The second-order valence-electron chi connectivity index (χ2n) is 6.35. The molecule has 0 saturated carbocycles. The fourth-order valence-electron chi connectivity index (χ4n) is 3.32. The van der Waals surface area contributed by atoms with Crippen LogP contribution in [0, 0.1) is 12.7 Å². The van der Waals surface area contributed by atoms with Gasteiger partial charge in [0.25, 0.3) is 0 Å².